The molecule has 1 N–H and O–H groups in total. The molecule has 3 atom stereocenters. The molecule has 2 aliphatic heterocycles. The van der Waals surface area contributed by atoms with Crippen LogP contribution < -0.4 is 5.43 Å². The van der Waals surface area contributed by atoms with Gasteiger partial charge in [0.2, 0.25) is 5.78 Å². The Balaban J connectivity index is 1.57. The Morgan fingerprint density at radius 2 is 1.88 bits per heavy atom. The summed E-state index contributed by atoms with van der Waals surface area (Å²) in [5, 5.41) is 4.28. The van der Waals surface area contributed by atoms with Crippen molar-refractivity contribution in [3.8, 4) is 0 Å². The van der Waals surface area contributed by atoms with Crippen LogP contribution in [0.1, 0.15) is 30.1 Å². The molecule has 0 spiro atoms. The Labute approximate surface area is 149 Å². The number of hydrogen-bond donors (Lipinski definition) is 1. The van der Waals surface area contributed by atoms with Gasteiger partial charge >= 0.3 is 0 Å². The van der Waals surface area contributed by atoms with E-state index in [1.807, 2.05) is 61.5 Å². The summed E-state index contributed by atoms with van der Waals surface area (Å²) in [6.07, 6.45) is -0.194. The highest BCUT2D eigenvalue weighted by Gasteiger charge is 2.61. The third kappa shape index (κ3) is 2.58. The predicted molar refractivity (Wildman–Crippen MR) is 96.0 cm³/mol. The maximum atomic E-state index is 13.1. The molecule has 1 saturated heterocycles. The number of ketones is 1. The fraction of sp³-hybridized carbons (Fsp3) is 0.263. The lowest BCUT2D eigenvalue weighted by molar-refractivity contribution is -0.117. The molecule has 2 aliphatic rings. The lowest BCUT2D eigenvalue weighted by Gasteiger charge is -2.13. The number of ether oxygens (including phenoxy) is 1. The van der Waals surface area contributed by atoms with Gasteiger partial charge in [0.05, 0.1) is 5.92 Å². The van der Waals surface area contributed by atoms with E-state index in [0.29, 0.717) is 12.3 Å². The SMILES string of the molecule is C[C@]1(C(=O)C2=NNC[C@@H]2c2ccc(Br)cc2)O[C@H]1c1ccccc1. The molecule has 0 amide bonds. The highest BCUT2D eigenvalue weighted by Crippen LogP contribution is 2.50. The molecule has 2 heterocycles. The van der Waals surface area contributed by atoms with Gasteiger partial charge in [0.15, 0.2) is 5.60 Å². The van der Waals surface area contributed by atoms with Crippen LogP contribution in [-0.4, -0.2) is 23.6 Å². The molecule has 2 aromatic rings. The van der Waals surface area contributed by atoms with Crippen LogP contribution in [0.4, 0.5) is 0 Å². The van der Waals surface area contributed by atoms with Crippen molar-refractivity contribution in [2.75, 3.05) is 6.54 Å². The molecule has 2 aromatic carbocycles. The summed E-state index contributed by atoms with van der Waals surface area (Å²) in [4.78, 5) is 13.1. The van der Waals surface area contributed by atoms with Gasteiger partial charge in [0, 0.05) is 11.0 Å². The van der Waals surface area contributed by atoms with Crippen LogP contribution in [0.2, 0.25) is 0 Å². The number of benzene rings is 2. The molecular weight excluding hydrogens is 368 g/mol. The highest BCUT2D eigenvalue weighted by molar-refractivity contribution is 9.10. The van der Waals surface area contributed by atoms with Gasteiger partial charge in [-0.1, -0.05) is 58.4 Å². The van der Waals surface area contributed by atoms with Crippen molar-refractivity contribution in [1.29, 1.82) is 0 Å². The molecule has 0 saturated carbocycles. The first-order valence-electron chi connectivity index (χ1n) is 7.93. The summed E-state index contributed by atoms with van der Waals surface area (Å²) in [6.45, 7) is 2.49. The second kappa shape index (κ2) is 5.83. The molecule has 0 bridgehead atoms. The molecule has 0 radical (unpaired) electrons. The number of epoxide rings is 1. The van der Waals surface area contributed by atoms with Crippen molar-refractivity contribution in [1.82, 2.24) is 5.43 Å². The molecular formula is C19H17BrN2O2. The number of carbonyl (C=O) groups excluding carboxylic acids is 1. The van der Waals surface area contributed by atoms with E-state index in [1.165, 1.54) is 0 Å². The maximum Gasteiger partial charge on any atom is 0.214 e. The van der Waals surface area contributed by atoms with Crippen LogP contribution in [0, 0.1) is 0 Å². The van der Waals surface area contributed by atoms with Crippen molar-refractivity contribution < 1.29 is 9.53 Å². The van der Waals surface area contributed by atoms with Gasteiger partial charge in [-0.2, -0.15) is 5.10 Å². The fourth-order valence-electron chi connectivity index (χ4n) is 3.23. The minimum atomic E-state index is -0.820. The zero-order valence-electron chi connectivity index (χ0n) is 13.2. The van der Waals surface area contributed by atoms with Gasteiger partial charge in [-0.05, 0) is 30.2 Å². The molecule has 4 nitrogen and oxygen atoms in total. The number of hydrogen-bond acceptors (Lipinski definition) is 4. The zero-order valence-corrected chi connectivity index (χ0v) is 14.8. The number of halogens is 1. The summed E-state index contributed by atoms with van der Waals surface area (Å²) < 4.78 is 6.82. The maximum absolute atomic E-state index is 13.1. The largest absolute Gasteiger partial charge is 0.352 e. The summed E-state index contributed by atoms with van der Waals surface area (Å²) >= 11 is 3.44. The fourth-order valence-corrected chi connectivity index (χ4v) is 3.49. The molecule has 0 unspecified atom stereocenters. The van der Waals surface area contributed by atoms with Crippen LogP contribution in [0.5, 0.6) is 0 Å². The smallest absolute Gasteiger partial charge is 0.214 e. The van der Waals surface area contributed by atoms with E-state index in [1.54, 1.807) is 0 Å². The van der Waals surface area contributed by atoms with Gasteiger partial charge < -0.3 is 10.2 Å². The lowest BCUT2D eigenvalue weighted by Crippen LogP contribution is -2.32. The van der Waals surface area contributed by atoms with Crippen LogP contribution in [0.3, 0.4) is 0 Å². The Hall–Kier alpha value is -1.98. The molecule has 122 valence electrons. The number of rotatable bonds is 4. The normalized spacial score (nSPS) is 28.2. The lowest BCUT2D eigenvalue weighted by atomic mass is 9.86. The zero-order chi connectivity index (χ0) is 16.7. The van der Waals surface area contributed by atoms with Crippen molar-refractivity contribution in [3.63, 3.8) is 0 Å². The van der Waals surface area contributed by atoms with Crippen molar-refractivity contribution in [2.45, 2.75) is 24.5 Å². The van der Waals surface area contributed by atoms with E-state index >= 15 is 0 Å². The number of hydrazone groups is 1. The first-order valence-corrected chi connectivity index (χ1v) is 8.72. The number of nitrogens with one attached hydrogen (secondary N) is 1. The number of carbonyl (C=O) groups is 1. The third-order valence-corrected chi connectivity index (χ3v) is 5.22. The Bertz CT molecular complexity index is 804. The minimum Gasteiger partial charge on any atom is -0.352 e. The van der Waals surface area contributed by atoms with Crippen molar-refractivity contribution >= 4 is 27.4 Å². The van der Waals surface area contributed by atoms with Gasteiger partial charge in [-0.3, -0.25) is 4.79 Å². The first-order chi connectivity index (χ1) is 11.6. The van der Waals surface area contributed by atoms with Crippen molar-refractivity contribution in [2.24, 2.45) is 5.10 Å². The Morgan fingerprint density at radius 1 is 1.17 bits per heavy atom. The topological polar surface area (TPSA) is 54.0 Å². The average molecular weight is 385 g/mol. The molecule has 0 aromatic heterocycles. The summed E-state index contributed by atoms with van der Waals surface area (Å²) in [5.74, 6) is -0.0719. The first kappa shape index (κ1) is 15.5. The molecule has 24 heavy (non-hydrogen) atoms. The quantitative estimate of drug-likeness (QED) is 0.819. The Morgan fingerprint density at radius 3 is 2.58 bits per heavy atom. The van der Waals surface area contributed by atoms with Crippen LogP contribution in [0.15, 0.2) is 64.2 Å². The van der Waals surface area contributed by atoms with E-state index in [4.69, 9.17) is 4.74 Å². The Kier molecular flexibility index (Phi) is 3.77. The third-order valence-electron chi connectivity index (χ3n) is 4.69. The standard InChI is InChI=1S/C19H17BrN2O2/c1-19(18(24-19)13-5-3-2-4-6-13)17(23)16-15(11-21-22-16)12-7-9-14(20)10-8-12/h2-10,15,18,21H,11H2,1H3/t15-,18+,19-/m1/s1. The van der Waals surface area contributed by atoms with Crippen molar-refractivity contribution in [3.05, 3.63) is 70.2 Å². The van der Waals surface area contributed by atoms with E-state index in [0.717, 1.165) is 15.6 Å². The second-order valence-corrected chi connectivity index (χ2v) is 7.22. The monoisotopic (exact) mass is 384 g/mol. The van der Waals surface area contributed by atoms with Gasteiger partial charge in [0.25, 0.3) is 0 Å². The van der Waals surface area contributed by atoms with Gasteiger partial charge in [-0.15, -0.1) is 0 Å². The predicted octanol–water partition coefficient (Wildman–Crippen LogP) is 3.59. The minimum absolute atomic E-state index is 0.0331. The molecule has 0 aliphatic carbocycles. The molecule has 5 heteroatoms. The molecule has 4 rings (SSSR count). The van der Waals surface area contributed by atoms with Crippen LogP contribution >= 0.6 is 15.9 Å². The van der Waals surface area contributed by atoms with Crippen LogP contribution in [-0.2, 0) is 9.53 Å². The van der Waals surface area contributed by atoms with E-state index in [-0.39, 0.29) is 17.8 Å². The van der Waals surface area contributed by atoms with E-state index in [2.05, 4.69) is 26.5 Å². The number of nitrogens with zero attached hydrogens (tertiary/aromatic N) is 1. The van der Waals surface area contributed by atoms with Crippen LogP contribution in [0.25, 0.3) is 0 Å². The second-order valence-electron chi connectivity index (χ2n) is 6.31. The summed E-state index contributed by atoms with van der Waals surface area (Å²) in [6, 6.07) is 17.9. The average Bonchev–Trinajstić information content (AvgIpc) is 3.08. The number of Topliss-reactive ketones (excluding diaryl/α,β-unsaturated/α-hetero) is 1. The highest BCUT2D eigenvalue weighted by atomic mass is 79.9. The van der Waals surface area contributed by atoms with E-state index in [9.17, 15) is 4.79 Å². The summed E-state index contributed by atoms with van der Waals surface area (Å²) in [7, 11) is 0. The van der Waals surface area contributed by atoms with E-state index < -0.39 is 5.60 Å². The van der Waals surface area contributed by atoms with Gasteiger partial charge in [-0.25, -0.2) is 0 Å². The summed E-state index contributed by atoms with van der Waals surface area (Å²) in [5.41, 5.74) is 4.81. The van der Waals surface area contributed by atoms with Gasteiger partial charge in [0.1, 0.15) is 11.8 Å². The molecule has 1 fully saturated rings.